The number of carbonyl (C=O) groups excluding carboxylic acids is 1. The molecule has 4 rings (SSSR count). The molecule has 1 N–H and O–H groups in total. The van der Waals surface area contributed by atoms with Crippen LogP contribution in [0.15, 0.2) is 77.0 Å². The van der Waals surface area contributed by atoms with E-state index in [0.717, 1.165) is 16.8 Å². The topological polar surface area (TPSA) is 90.6 Å². The summed E-state index contributed by atoms with van der Waals surface area (Å²) in [5.41, 5.74) is 7.43. The molecule has 3 aromatic carbocycles. The van der Waals surface area contributed by atoms with Crippen LogP contribution in [0.25, 0.3) is 17.1 Å². The zero-order valence-corrected chi connectivity index (χ0v) is 21.4. The summed E-state index contributed by atoms with van der Waals surface area (Å²) < 4.78 is 12.6. The molecule has 8 nitrogen and oxygen atoms in total. The minimum Gasteiger partial charge on any atom is -0.493 e. The highest BCUT2D eigenvalue weighted by Crippen LogP contribution is 2.30. The van der Waals surface area contributed by atoms with Crippen LogP contribution < -0.4 is 14.9 Å². The number of para-hydroxylation sites is 1. The maximum Gasteiger partial charge on any atom is 0.250 e. The summed E-state index contributed by atoms with van der Waals surface area (Å²) in [4.78, 5) is 12.5. The van der Waals surface area contributed by atoms with Gasteiger partial charge in [-0.25, -0.2) is 5.43 Å². The lowest BCUT2D eigenvalue weighted by Crippen LogP contribution is -2.20. The van der Waals surface area contributed by atoms with Crippen LogP contribution in [0.1, 0.15) is 16.7 Å². The number of aromatic nitrogens is 3. The van der Waals surface area contributed by atoms with Crippen molar-refractivity contribution in [2.24, 2.45) is 5.10 Å². The Hall–Kier alpha value is -4.11. The summed E-state index contributed by atoms with van der Waals surface area (Å²) in [6, 6.07) is 21.7. The van der Waals surface area contributed by atoms with E-state index >= 15 is 0 Å². The van der Waals surface area contributed by atoms with Gasteiger partial charge < -0.3 is 9.47 Å². The number of rotatable bonds is 9. The number of hydrazone groups is 1. The van der Waals surface area contributed by atoms with Crippen LogP contribution >= 0.6 is 11.8 Å². The zero-order valence-electron chi connectivity index (χ0n) is 20.6. The molecule has 9 heteroatoms. The number of hydrogen-bond donors (Lipinski definition) is 1. The summed E-state index contributed by atoms with van der Waals surface area (Å²) in [6.45, 7) is 4.08. The molecule has 0 saturated heterocycles. The van der Waals surface area contributed by atoms with E-state index in [1.165, 1.54) is 23.5 Å². The average Bonchev–Trinajstić information content (AvgIpc) is 3.32. The van der Waals surface area contributed by atoms with Crippen LogP contribution in [0.5, 0.6) is 11.5 Å². The van der Waals surface area contributed by atoms with Crippen LogP contribution in [-0.2, 0) is 4.79 Å². The molecule has 4 aromatic rings. The standard InChI is InChI=1S/C27H27N5O3S/c1-18-8-12-20(13-9-18)26-30-31-27(32(26)22-14-10-19(2)11-15-22)36-17-24(33)29-28-16-21-6-5-7-23(34-3)25(21)35-4/h5-16H,17H2,1-4H3,(H,29,33)/b28-16+. The van der Waals surface area contributed by atoms with E-state index in [1.807, 2.05) is 79.1 Å². The first-order valence-electron chi connectivity index (χ1n) is 11.3. The number of amides is 1. The van der Waals surface area contributed by atoms with Gasteiger partial charge in [-0.15, -0.1) is 10.2 Å². The maximum absolute atomic E-state index is 12.5. The minimum atomic E-state index is -0.270. The van der Waals surface area contributed by atoms with Gasteiger partial charge in [0, 0.05) is 16.8 Å². The van der Waals surface area contributed by atoms with Crippen LogP contribution in [-0.4, -0.2) is 46.9 Å². The van der Waals surface area contributed by atoms with Gasteiger partial charge in [-0.2, -0.15) is 5.10 Å². The quantitative estimate of drug-likeness (QED) is 0.201. The lowest BCUT2D eigenvalue weighted by atomic mass is 10.1. The lowest BCUT2D eigenvalue weighted by Gasteiger charge is -2.11. The largest absolute Gasteiger partial charge is 0.493 e. The van der Waals surface area contributed by atoms with Gasteiger partial charge in [0.2, 0.25) is 0 Å². The lowest BCUT2D eigenvalue weighted by molar-refractivity contribution is -0.118. The Kier molecular flexibility index (Phi) is 8.02. The van der Waals surface area contributed by atoms with Gasteiger partial charge >= 0.3 is 0 Å². The Bertz CT molecular complexity index is 1370. The first kappa shape index (κ1) is 25.0. The molecule has 0 aliphatic carbocycles. The van der Waals surface area contributed by atoms with Crippen molar-refractivity contribution in [1.82, 2.24) is 20.2 Å². The molecule has 0 radical (unpaired) electrons. The average molecular weight is 502 g/mol. The Morgan fingerprint density at radius 3 is 2.33 bits per heavy atom. The van der Waals surface area contributed by atoms with Crippen molar-refractivity contribution in [3.05, 3.63) is 83.4 Å². The van der Waals surface area contributed by atoms with E-state index in [0.29, 0.717) is 28.0 Å². The fourth-order valence-corrected chi connectivity index (χ4v) is 4.27. The molecule has 1 aromatic heterocycles. The molecule has 0 saturated carbocycles. The highest BCUT2D eigenvalue weighted by molar-refractivity contribution is 7.99. The number of thioether (sulfide) groups is 1. The van der Waals surface area contributed by atoms with Gasteiger partial charge in [-0.05, 0) is 38.1 Å². The van der Waals surface area contributed by atoms with Gasteiger partial charge in [0.15, 0.2) is 22.5 Å². The molecule has 1 heterocycles. The normalized spacial score (nSPS) is 11.0. The fraction of sp³-hybridized carbons (Fsp3) is 0.185. The summed E-state index contributed by atoms with van der Waals surface area (Å²) in [6.07, 6.45) is 1.52. The monoisotopic (exact) mass is 501 g/mol. The Morgan fingerprint density at radius 1 is 0.972 bits per heavy atom. The van der Waals surface area contributed by atoms with Crippen molar-refractivity contribution in [2.45, 2.75) is 19.0 Å². The van der Waals surface area contributed by atoms with E-state index in [2.05, 4.69) is 20.7 Å². The summed E-state index contributed by atoms with van der Waals surface area (Å²) in [5.74, 6) is 1.69. The van der Waals surface area contributed by atoms with E-state index in [-0.39, 0.29) is 11.7 Å². The number of aryl methyl sites for hydroxylation is 2. The molecule has 0 spiro atoms. The van der Waals surface area contributed by atoms with Gasteiger partial charge in [0.1, 0.15) is 0 Å². The van der Waals surface area contributed by atoms with Crippen molar-refractivity contribution in [3.63, 3.8) is 0 Å². The third kappa shape index (κ3) is 5.75. The predicted octanol–water partition coefficient (Wildman–Crippen LogP) is 4.81. The maximum atomic E-state index is 12.5. The van der Waals surface area contributed by atoms with Crippen molar-refractivity contribution in [1.29, 1.82) is 0 Å². The first-order chi connectivity index (χ1) is 17.5. The summed E-state index contributed by atoms with van der Waals surface area (Å²) in [7, 11) is 3.12. The summed E-state index contributed by atoms with van der Waals surface area (Å²) >= 11 is 1.29. The molecule has 0 fully saturated rings. The Morgan fingerprint density at radius 2 is 1.67 bits per heavy atom. The molecule has 36 heavy (non-hydrogen) atoms. The number of nitrogens with one attached hydrogen (secondary N) is 1. The Labute approximate surface area is 214 Å². The number of ether oxygens (including phenoxy) is 2. The second-order valence-electron chi connectivity index (χ2n) is 8.01. The number of hydrogen-bond acceptors (Lipinski definition) is 7. The number of carbonyl (C=O) groups is 1. The van der Waals surface area contributed by atoms with Crippen molar-refractivity contribution in [2.75, 3.05) is 20.0 Å². The molecule has 0 bridgehead atoms. The second kappa shape index (κ2) is 11.5. The minimum absolute atomic E-state index is 0.116. The van der Waals surface area contributed by atoms with Crippen LogP contribution in [0.4, 0.5) is 0 Å². The van der Waals surface area contributed by atoms with Crippen LogP contribution in [0.2, 0.25) is 0 Å². The van der Waals surface area contributed by atoms with Gasteiger partial charge in [0.05, 0.1) is 26.2 Å². The van der Waals surface area contributed by atoms with Gasteiger partial charge in [-0.3, -0.25) is 9.36 Å². The molecule has 0 aliphatic rings. The number of methoxy groups -OCH3 is 2. The smallest absolute Gasteiger partial charge is 0.250 e. The third-order valence-electron chi connectivity index (χ3n) is 5.39. The Balaban J connectivity index is 1.50. The molecular weight excluding hydrogens is 474 g/mol. The number of benzene rings is 3. The molecular formula is C27H27N5O3S. The van der Waals surface area contributed by atoms with Crippen molar-refractivity contribution in [3.8, 4) is 28.6 Å². The predicted molar refractivity (Wildman–Crippen MR) is 142 cm³/mol. The highest BCUT2D eigenvalue weighted by atomic mass is 32.2. The zero-order chi connectivity index (χ0) is 25.5. The van der Waals surface area contributed by atoms with Crippen molar-refractivity contribution >= 4 is 23.9 Å². The third-order valence-corrected chi connectivity index (χ3v) is 6.32. The van der Waals surface area contributed by atoms with E-state index in [9.17, 15) is 4.79 Å². The molecule has 1 amide bonds. The van der Waals surface area contributed by atoms with Gasteiger partial charge in [0.25, 0.3) is 5.91 Å². The summed E-state index contributed by atoms with van der Waals surface area (Å²) in [5, 5.41) is 13.5. The highest BCUT2D eigenvalue weighted by Gasteiger charge is 2.17. The molecule has 0 atom stereocenters. The van der Waals surface area contributed by atoms with Crippen LogP contribution in [0.3, 0.4) is 0 Å². The van der Waals surface area contributed by atoms with Crippen LogP contribution in [0, 0.1) is 13.8 Å². The molecule has 0 unspecified atom stereocenters. The number of nitrogens with zero attached hydrogens (tertiary/aromatic N) is 4. The molecule has 0 aliphatic heterocycles. The van der Waals surface area contributed by atoms with Crippen molar-refractivity contribution < 1.29 is 14.3 Å². The first-order valence-corrected chi connectivity index (χ1v) is 12.2. The van der Waals surface area contributed by atoms with E-state index in [1.54, 1.807) is 20.3 Å². The van der Waals surface area contributed by atoms with E-state index in [4.69, 9.17) is 9.47 Å². The van der Waals surface area contributed by atoms with Gasteiger partial charge in [-0.1, -0.05) is 65.4 Å². The molecule has 184 valence electrons. The fourth-order valence-electron chi connectivity index (χ4n) is 3.53. The van der Waals surface area contributed by atoms with E-state index < -0.39 is 0 Å². The SMILES string of the molecule is COc1cccc(/C=N/NC(=O)CSc2nnc(-c3ccc(C)cc3)n2-c2ccc(C)cc2)c1OC. The second-order valence-corrected chi connectivity index (χ2v) is 8.95.